The molecule has 0 bridgehead atoms. The highest BCUT2D eigenvalue weighted by Crippen LogP contribution is 2.37. The van der Waals surface area contributed by atoms with Crippen LogP contribution < -0.4 is 0 Å². The molecule has 1 atom stereocenters. The van der Waals surface area contributed by atoms with E-state index in [2.05, 4.69) is 24.3 Å². The number of ether oxygens (including phenoxy) is 1. The number of hydrogen-bond donors (Lipinski definition) is 0. The van der Waals surface area contributed by atoms with Gasteiger partial charge < -0.3 is 4.74 Å². The number of cyclic esters (lactones) is 1. The van der Waals surface area contributed by atoms with Crippen LogP contribution in [0.15, 0.2) is 30.3 Å². The lowest BCUT2D eigenvalue weighted by molar-refractivity contribution is -0.140. The maximum Gasteiger partial charge on any atom is 0.322 e. The molecule has 1 saturated heterocycles. The molecule has 0 amide bonds. The van der Waals surface area contributed by atoms with Crippen molar-refractivity contribution in [3.05, 3.63) is 35.9 Å². The molecule has 0 saturated carbocycles. The molecule has 0 aliphatic carbocycles. The monoisotopic (exact) mass is 250 g/mol. The summed E-state index contributed by atoms with van der Waals surface area (Å²) in [6.45, 7) is 0.588. The van der Waals surface area contributed by atoms with E-state index in [1.165, 1.54) is 5.56 Å². The fraction of sp³-hybridized carbons (Fsp3) is 0.500. The first-order chi connectivity index (χ1) is 8.27. The van der Waals surface area contributed by atoms with E-state index in [4.69, 9.17) is 4.74 Å². The third-order valence-electron chi connectivity index (χ3n) is 3.39. The van der Waals surface area contributed by atoms with Crippen molar-refractivity contribution in [2.75, 3.05) is 12.9 Å². The van der Waals surface area contributed by atoms with Gasteiger partial charge in [-0.15, -0.1) is 11.8 Å². The fourth-order valence-corrected chi connectivity index (χ4v) is 3.14. The van der Waals surface area contributed by atoms with Gasteiger partial charge in [0.05, 0.1) is 6.61 Å². The van der Waals surface area contributed by atoms with Crippen LogP contribution in [0, 0.1) is 0 Å². The maximum absolute atomic E-state index is 11.7. The topological polar surface area (TPSA) is 26.3 Å². The molecule has 1 aromatic rings. The average molecular weight is 250 g/mol. The summed E-state index contributed by atoms with van der Waals surface area (Å²) in [7, 11) is 0. The van der Waals surface area contributed by atoms with Gasteiger partial charge >= 0.3 is 5.97 Å². The van der Waals surface area contributed by atoms with Crippen molar-refractivity contribution >= 4 is 17.7 Å². The van der Waals surface area contributed by atoms with Crippen LogP contribution in [0.3, 0.4) is 0 Å². The lowest BCUT2D eigenvalue weighted by atomic mass is 9.97. The largest absolute Gasteiger partial charge is 0.465 e. The summed E-state index contributed by atoms with van der Waals surface area (Å²) < 4.78 is 4.83. The first kappa shape index (κ1) is 12.5. The van der Waals surface area contributed by atoms with Crippen LogP contribution >= 0.6 is 11.8 Å². The second kappa shape index (κ2) is 5.58. The van der Waals surface area contributed by atoms with Gasteiger partial charge in [-0.3, -0.25) is 4.79 Å². The van der Waals surface area contributed by atoms with Crippen molar-refractivity contribution in [3.8, 4) is 0 Å². The summed E-state index contributed by atoms with van der Waals surface area (Å²) in [5.41, 5.74) is 1.34. The van der Waals surface area contributed by atoms with Gasteiger partial charge in [0.15, 0.2) is 0 Å². The smallest absolute Gasteiger partial charge is 0.322 e. The van der Waals surface area contributed by atoms with Crippen LogP contribution in [-0.4, -0.2) is 23.6 Å². The Labute approximate surface area is 107 Å². The number of carbonyl (C=O) groups is 1. The molecule has 92 valence electrons. The Morgan fingerprint density at radius 1 is 1.35 bits per heavy atom. The number of thioether (sulfide) groups is 1. The zero-order valence-corrected chi connectivity index (χ0v) is 11.0. The molecule has 0 N–H and O–H groups in total. The first-order valence-corrected chi connectivity index (χ1v) is 7.26. The molecular formula is C14H18O2S. The number of esters is 1. The van der Waals surface area contributed by atoms with Crippen molar-refractivity contribution in [1.29, 1.82) is 0 Å². The third kappa shape index (κ3) is 2.83. The molecule has 2 rings (SSSR count). The molecule has 1 heterocycles. The summed E-state index contributed by atoms with van der Waals surface area (Å²) in [6, 6.07) is 10.4. The normalized spacial score (nSPS) is 23.7. The van der Waals surface area contributed by atoms with Crippen molar-refractivity contribution in [2.45, 2.75) is 30.4 Å². The Hall–Kier alpha value is -0.960. The Kier molecular flexibility index (Phi) is 4.11. The van der Waals surface area contributed by atoms with Crippen LogP contribution in [0.4, 0.5) is 0 Å². The molecule has 0 spiro atoms. The molecule has 0 aromatic heterocycles. The molecular weight excluding hydrogens is 232 g/mol. The maximum atomic E-state index is 11.7. The second-order valence-corrected chi connectivity index (χ2v) is 5.61. The van der Waals surface area contributed by atoms with Crippen molar-refractivity contribution < 1.29 is 9.53 Å². The molecule has 1 fully saturated rings. The third-order valence-corrected chi connectivity index (χ3v) is 4.75. The molecule has 1 aliphatic rings. The van der Waals surface area contributed by atoms with Gasteiger partial charge in [0.1, 0.15) is 4.75 Å². The Bertz CT molecular complexity index is 377. The Morgan fingerprint density at radius 2 is 2.12 bits per heavy atom. The number of hydrogen-bond acceptors (Lipinski definition) is 3. The van der Waals surface area contributed by atoms with Crippen LogP contribution in [0.25, 0.3) is 0 Å². The fourth-order valence-electron chi connectivity index (χ4n) is 2.28. The number of rotatable bonds is 5. The molecule has 17 heavy (non-hydrogen) atoms. The summed E-state index contributed by atoms with van der Waals surface area (Å²) in [5.74, 6) is -0.0157. The van der Waals surface area contributed by atoms with Crippen LogP contribution in [0.1, 0.15) is 24.8 Å². The van der Waals surface area contributed by atoms with Gasteiger partial charge in [-0.1, -0.05) is 30.3 Å². The van der Waals surface area contributed by atoms with Crippen molar-refractivity contribution in [3.63, 3.8) is 0 Å². The van der Waals surface area contributed by atoms with E-state index in [1.807, 2.05) is 12.3 Å². The minimum absolute atomic E-state index is 0.0157. The number of aryl methyl sites for hydroxylation is 1. The lowest BCUT2D eigenvalue weighted by Gasteiger charge is -2.21. The zero-order chi connectivity index (χ0) is 12.1. The SMILES string of the molecule is CSC1(CCCc2ccccc2)CCOC1=O. The number of carbonyl (C=O) groups excluding carboxylic acids is 1. The van der Waals surface area contributed by atoms with Crippen LogP contribution in [0.2, 0.25) is 0 Å². The highest BCUT2D eigenvalue weighted by Gasteiger charge is 2.43. The van der Waals surface area contributed by atoms with Crippen molar-refractivity contribution in [2.24, 2.45) is 0 Å². The Morgan fingerprint density at radius 3 is 2.71 bits per heavy atom. The summed E-state index contributed by atoms with van der Waals surface area (Å²) in [6.07, 6.45) is 5.87. The van der Waals surface area contributed by atoms with Gasteiger partial charge in [-0.25, -0.2) is 0 Å². The Balaban J connectivity index is 1.87. The lowest BCUT2D eigenvalue weighted by Crippen LogP contribution is -2.30. The van der Waals surface area contributed by atoms with E-state index < -0.39 is 0 Å². The van der Waals surface area contributed by atoms with Gasteiger partial charge in [0.2, 0.25) is 0 Å². The summed E-state index contributed by atoms with van der Waals surface area (Å²) in [4.78, 5) is 11.7. The van der Waals surface area contributed by atoms with E-state index in [1.54, 1.807) is 11.8 Å². The quantitative estimate of drug-likeness (QED) is 0.751. The van der Waals surface area contributed by atoms with Crippen molar-refractivity contribution in [1.82, 2.24) is 0 Å². The molecule has 1 unspecified atom stereocenters. The zero-order valence-electron chi connectivity index (χ0n) is 10.1. The number of benzene rings is 1. The predicted molar refractivity (Wildman–Crippen MR) is 71.2 cm³/mol. The van der Waals surface area contributed by atoms with E-state index >= 15 is 0 Å². The highest BCUT2D eigenvalue weighted by molar-refractivity contribution is 8.00. The van der Waals surface area contributed by atoms with Gasteiger partial charge in [-0.05, 0) is 31.1 Å². The highest BCUT2D eigenvalue weighted by atomic mass is 32.2. The van der Waals surface area contributed by atoms with E-state index in [-0.39, 0.29) is 10.7 Å². The van der Waals surface area contributed by atoms with Crippen LogP contribution in [0.5, 0.6) is 0 Å². The van der Waals surface area contributed by atoms with Gasteiger partial charge in [0, 0.05) is 6.42 Å². The molecule has 1 aromatic carbocycles. The minimum Gasteiger partial charge on any atom is -0.465 e. The molecule has 3 heteroatoms. The van der Waals surface area contributed by atoms with E-state index in [0.717, 1.165) is 25.7 Å². The predicted octanol–water partition coefficient (Wildman–Crippen LogP) is 3.06. The van der Waals surface area contributed by atoms with E-state index in [9.17, 15) is 4.79 Å². The molecule has 2 nitrogen and oxygen atoms in total. The van der Waals surface area contributed by atoms with Gasteiger partial charge in [0.25, 0.3) is 0 Å². The summed E-state index contributed by atoms with van der Waals surface area (Å²) >= 11 is 1.65. The van der Waals surface area contributed by atoms with Crippen LogP contribution in [-0.2, 0) is 16.0 Å². The summed E-state index contributed by atoms with van der Waals surface area (Å²) in [5, 5.41) is 0. The second-order valence-electron chi connectivity index (χ2n) is 4.42. The first-order valence-electron chi connectivity index (χ1n) is 6.03. The minimum atomic E-state index is -0.269. The molecule has 1 aliphatic heterocycles. The standard InChI is InChI=1S/C14H18O2S/c1-17-14(10-11-16-13(14)15)9-5-8-12-6-3-2-4-7-12/h2-4,6-7H,5,8-11H2,1H3. The van der Waals surface area contributed by atoms with E-state index in [0.29, 0.717) is 6.61 Å². The molecule has 0 radical (unpaired) electrons. The van der Waals surface area contributed by atoms with Gasteiger partial charge in [-0.2, -0.15) is 0 Å². The average Bonchev–Trinajstić information content (AvgIpc) is 2.73.